The second kappa shape index (κ2) is 7.73. The monoisotopic (exact) mass is 406 g/mol. The highest BCUT2D eigenvalue weighted by Gasteiger charge is 2.16. The van der Waals surface area contributed by atoms with Crippen LogP contribution in [-0.2, 0) is 0 Å². The standard InChI is InChI=1S/C22H18N2O2S2/c1-14-8-9-17(12-15(14)2)24-21(26)20-18(10-11-27-20)23-22(24)28-13-19(25)16-6-4-3-5-7-16/h3-12H,13H2,1-2H3. The highest BCUT2D eigenvalue weighted by atomic mass is 32.2. The number of aromatic nitrogens is 2. The number of thiophene rings is 1. The molecule has 6 heteroatoms. The van der Waals surface area contributed by atoms with E-state index < -0.39 is 0 Å². The normalized spacial score (nSPS) is 11.1. The molecule has 2 heterocycles. The molecule has 4 rings (SSSR count). The Labute approximate surface area is 170 Å². The quantitative estimate of drug-likeness (QED) is 0.265. The lowest BCUT2D eigenvalue weighted by atomic mass is 10.1. The summed E-state index contributed by atoms with van der Waals surface area (Å²) < 4.78 is 2.24. The van der Waals surface area contributed by atoms with Crippen LogP contribution in [0.4, 0.5) is 0 Å². The molecule has 140 valence electrons. The van der Waals surface area contributed by atoms with Gasteiger partial charge >= 0.3 is 0 Å². The molecule has 4 nitrogen and oxygen atoms in total. The van der Waals surface area contributed by atoms with Crippen molar-refractivity contribution in [2.24, 2.45) is 0 Å². The van der Waals surface area contributed by atoms with Gasteiger partial charge in [-0.1, -0.05) is 48.2 Å². The summed E-state index contributed by atoms with van der Waals surface area (Å²) in [5, 5.41) is 2.40. The van der Waals surface area contributed by atoms with E-state index in [0.717, 1.165) is 16.8 Å². The molecule has 0 aliphatic rings. The third kappa shape index (κ3) is 3.53. The van der Waals surface area contributed by atoms with Gasteiger partial charge in [0.2, 0.25) is 0 Å². The van der Waals surface area contributed by atoms with Crippen LogP contribution in [0.1, 0.15) is 21.5 Å². The number of ketones is 1. The van der Waals surface area contributed by atoms with Crippen LogP contribution in [0.3, 0.4) is 0 Å². The molecule has 0 aliphatic carbocycles. The van der Waals surface area contributed by atoms with Gasteiger partial charge < -0.3 is 0 Å². The van der Waals surface area contributed by atoms with Crippen LogP contribution in [0.25, 0.3) is 15.9 Å². The van der Waals surface area contributed by atoms with Crippen LogP contribution in [-0.4, -0.2) is 21.1 Å². The first-order valence-electron chi connectivity index (χ1n) is 8.83. The average Bonchev–Trinajstić information content (AvgIpc) is 3.18. The summed E-state index contributed by atoms with van der Waals surface area (Å²) in [4.78, 5) is 30.4. The number of rotatable bonds is 5. The lowest BCUT2D eigenvalue weighted by Crippen LogP contribution is -2.21. The number of benzene rings is 2. The number of thioether (sulfide) groups is 1. The van der Waals surface area contributed by atoms with E-state index in [2.05, 4.69) is 4.98 Å². The van der Waals surface area contributed by atoms with E-state index in [1.165, 1.54) is 23.1 Å². The minimum absolute atomic E-state index is 0.0110. The highest BCUT2D eigenvalue weighted by Crippen LogP contribution is 2.25. The predicted octanol–water partition coefficient (Wildman–Crippen LogP) is 5.04. The third-order valence-corrected chi connectivity index (χ3v) is 6.46. The molecule has 0 saturated carbocycles. The van der Waals surface area contributed by atoms with E-state index in [-0.39, 0.29) is 17.1 Å². The Hall–Kier alpha value is -2.70. The van der Waals surface area contributed by atoms with Gasteiger partial charge in [-0.15, -0.1) is 11.3 Å². The van der Waals surface area contributed by atoms with Crippen LogP contribution in [0.2, 0.25) is 0 Å². The van der Waals surface area contributed by atoms with Crippen molar-refractivity contribution in [3.63, 3.8) is 0 Å². The van der Waals surface area contributed by atoms with E-state index in [9.17, 15) is 9.59 Å². The molecule has 0 N–H and O–H groups in total. The second-order valence-electron chi connectivity index (χ2n) is 6.52. The first-order valence-corrected chi connectivity index (χ1v) is 10.7. The average molecular weight is 407 g/mol. The Bertz CT molecular complexity index is 1230. The summed E-state index contributed by atoms with van der Waals surface area (Å²) in [5.41, 5.74) is 4.27. The van der Waals surface area contributed by atoms with Gasteiger partial charge in [-0.3, -0.25) is 14.2 Å². The topological polar surface area (TPSA) is 52.0 Å². The van der Waals surface area contributed by atoms with E-state index in [1.54, 1.807) is 16.7 Å². The Morgan fingerprint density at radius 1 is 1.07 bits per heavy atom. The van der Waals surface area contributed by atoms with Gasteiger partial charge in [-0.2, -0.15) is 0 Å². The number of carbonyl (C=O) groups excluding carboxylic acids is 1. The van der Waals surface area contributed by atoms with Gasteiger partial charge in [0.15, 0.2) is 10.9 Å². The van der Waals surface area contributed by atoms with Gasteiger partial charge in [0.25, 0.3) is 5.56 Å². The Balaban J connectivity index is 1.77. The minimum atomic E-state index is -0.0992. The molecule has 0 bridgehead atoms. The Morgan fingerprint density at radius 3 is 2.61 bits per heavy atom. The van der Waals surface area contributed by atoms with Crippen molar-refractivity contribution in [1.29, 1.82) is 0 Å². The van der Waals surface area contributed by atoms with Crippen LogP contribution < -0.4 is 5.56 Å². The summed E-state index contributed by atoms with van der Waals surface area (Å²) in [6, 6.07) is 16.9. The zero-order valence-electron chi connectivity index (χ0n) is 15.5. The lowest BCUT2D eigenvalue weighted by molar-refractivity contribution is 0.102. The zero-order valence-corrected chi connectivity index (χ0v) is 17.1. The van der Waals surface area contributed by atoms with Crippen molar-refractivity contribution < 1.29 is 4.79 Å². The number of Topliss-reactive ketones (excluding diaryl/α,β-unsaturated/α-hetero) is 1. The molecule has 0 spiro atoms. The van der Waals surface area contributed by atoms with Crippen LogP contribution >= 0.6 is 23.1 Å². The molecule has 0 saturated heterocycles. The Kier molecular flexibility index (Phi) is 5.15. The van der Waals surface area contributed by atoms with Gasteiger partial charge in [0, 0.05) is 5.56 Å². The van der Waals surface area contributed by atoms with Crippen molar-refractivity contribution in [3.8, 4) is 5.69 Å². The van der Waals surface area contributed by atoms with Gasteiger partial charge in [-0.25, -0.2) is 4.98 Å². The summed E-state index contributed by atoms with van der Waals surface area (Å²) in [7, 11) is 0. The Morgan fingerprint density at radius 2 is 1.86 bits per heavy atom. The number of nitrogens with zero attached hydrogens (tertiary/aromatic N) is 2. The molecular formula is C22H18N2O2S2. The molecule has 0 amide bonds. The first kappa shape index (κ1) is 18.7. The van der Waals surface area contributed by atoms with E-state index in [1.807, 2.05) is 61.7 Å². The number of hydrogen-bond acceptors (Lipinski definition) is 5. The molecule has 0 unspecified atom stereocenters. The van der Waals surface area contributed by atoms with Gasteiger partial charge in [0.1, 0.15) is 4.70 Å². The van der Waals surface area contributed by atoms with Crippen molar-refractivity contribution in [2.45, 2.75) is 19.0 Å². The fraction of sp³-hybridized carbons (Fsp3) is 0.136. The number of carbonyl (C=O) groups is 1. The maximum absolute atomic E-state index is 13.2. The first-order chi connectivity index (χ1) is 13.5. The maximum atomic E-state index is 13.2. The second-order valence-corrected chi connectivity index (χ2v) is 8.37. The summed E-state index contributed by atoms with van der Waals surface area (Å²) in [6.07, 6.45) is 0. The fourth-order valence-electron chi connectivity index (χ4n) is 2.92. The number of hydrogen-bond donors (Lipinski definition) is 0. The lowest BCUT2D eigenvalue weighted by Gasteiger charge is -2.13. The van der Waals surface area contributed by atoms with Gasteiger partial charge in [-0.05, 0) is 48.6 Å². The predicted molar refractivity (Wildman–Crippen MR) is 116 cm³/mol. The van der Waals surface area contributed by atoms with E-state index in [4.69, 9.17) is 0 Å². The largest absolute Gasteiger partial charge is 0.293 e. The summed E-state index contributed by atoms with van der Waals surface area (Å²) >= 11 is 2.68. The van der Waals surface area contributed by atoms with Crippen molar-refractivity contribution in [3.05, 3.63) is 87.0 Å². The molecule has 28 heavy (non-hydrogen) atoms. The van der Waals surface area contributed by atoms with Crippen molar-refractivity contribution in [2.75, 3.05) is 5.75 Å². The number of aryl methyl sites for hydroxylation is 2. The fourth-order valence-corrected chi connectivity index (χ4v) is 4.59. The van der Waals surface area contributed by atoms with Crippen LogP contribution in [0, 0.1) is 13.8 Å². The SMILES string of the molecule is Cc1ccc(-n2c(SCC(=O)c3ccccc3)nc3ccsc3c2=O)cc1C. The zero-order chi connectivity index (χ0) is 19.7. The smallest absolute Gasteiger partial charge is 0.276 e. The molecule has 0 atom stereocenters. The van der Waals surface area contributed by atoms with Crippen molar-refractivity contribution >= 4 is 39.1 Å². The van der Waals surface area contributed by atoms with Crippen LogP contribution in [0.5, 0.6) is 0 Å². The van der Waals surface area contributed by atoms with E-state index >= 15 is 0 Å². The molecule has 2 aromatic heterocycles. The molecular weight excluding hydrogens is 388 g/mol. The molecule has 0 radical (unpaired) electrons. The highest BCUT2D eigenvalue weighted by molar-refractivity contribution is 7.99. The summed E-state index contributed by atoms with van der Waals surface area (Å²) in [6.45, 7) is 4.06. The minimum Gasteiger partial charge on any atom is -0.293 e. The summed E-state index contributed by atoms with van der Waals surface area (Å²) in [5.74, 6) is 0.230. The molecule has 0 aliphatic heterocycles. The van der Waals surface area contributed by atoms with Crippen molar-refractivity contribution in [1.82, 2.24) is 9.55 Å². The molecule has 0 fully saturated rings. The molecule has 2 aromatic carbocycles. The number of fused-ring (bicyclic) bond motifs is 1. The molecule has 4 aromatic rings. The van der Waals surface area contributed by atoms with Gasteiger partial charge in [0.05, 0.1) is 17.0 Å². The van der Waals surface area contributed by atoms with Crippen LogP contribution in [0.15, 0.2) is 69.9 Å². The maximum Gasteiger partial charge on any atom is 0.276 e. The van der Waals surface area contributed by atoms with E-state index in [0.29, 0.717) is 20.9 Å². The third-order valence-electron chi connectivity index (χ3n) is 4.63.